The highest BCUT2D eigenvalue weighted by Crippen LogP contribution is 2.24. The summed E-state index contributed by atoms with van der Waals surface area (Å²) >= 11 is 6.10. The number of aliphatic hydroxyl groups is 1. The van der Waals surface area contributed by atoms with E-state index in [9.17, 15) is 9.90 Å². The Labute approximate surface area is 173 Å². The third-order valence-corrected chi connectivity index (χ3v) is 4.63. The van der Waals surface area contributed by atoms with Gasteiger partial charge in [0.2, 0.25) is 0 Å². The first-order valence-corrected chi connectivity index (χ1v) is 9.36. The second kappa shape index (κ2) is 8.11. The van der Waals surface area contributed by atoms with Gasteiger partial charge in [0, 0.05) is 17.2 Å². The lowest BCUT2D eigenvalue weighted by Crippen LogP contribution is -2.49. The van der Waals surface area contributed by atoms with E-state index in [2.05, 4.69) is 20.6 Å². The molecule has 0 radical (unpaired) electrons. The van der Waals surface area contributed by atoms with Crippen LogP contribution in [0.15, 0.2) is 36.5 Å². The molecular weight excluding hydrogens is 391 g/mol. The molecule has 2 heterocycles. The van der Waals surface area contributed by atoms with Gasteiger partial charge in [-0.25, -0.2) is 0 Å². The van der Waals surface area contributed by atoms with E-state index in [-0.39, 0.29) is 11.6 Å². The Morgan fingerprint density at radius 2 is 2.24 bits per heavy atom. The van der Waals surface area contributed by atoms with E-state index in [4.69, 9.17) is 16.9 Å². The molecule has 0 bridgehead atoms. The number of carbonyl (C=O) groups is 1. The van der Waals surface area contributed by atoms with Crippen LogP contribution in [-0.4, -0.2) is 44.3 Å². The Morgan fingerprint density at radius 1 is 1.48 bits per heavy atom. The van der Waals surface area contributed by atoms with E-state index in [1.165, 1.54) is 6.07 Å². The Kier molecular flexibility index (Phi) is 5.77. The molecule has 10 heteroatoms. The van der Waals surface area contributed by atoms with E-state index in [0.29, 0.717) is 28.5 Å². The van der Waals surface area contributed by atoms with Crippen molar-refractivity contribution < 1.29 is 9.90 Å². The van der Waals surface area contributed by atoms with Crippen molar-refractivity contribution in [3.8, 4) is 17.3 Å². The summed E-state index contributed by atoms with van der Waals surface area (Å²) in [5, 5.41) is 33.0. The lowest BCUT2D eigenvalue weighted by atomic mass is 9.79. The van der Waals surface area contributed by atoms with Crippen LogP contribution in [0.25, 0.3) is 11.3 Å². The molecule has 3 aromatic rings. The standard InChI is InChI=1S/C19H20BClN6O2/c1-11(28)16-8-17(25-24-16)18(29)23-19(2,20)10-27-6-5-15(26-27)12-3-4-13(9-22)14(21)7-12/h3-8,11,28H,10,20H2,1-2H3,(H,23,29)(H,24,25). The van der Waals surface area contributed by atoms with E-state index in [0.717, 1.165) is 5.56 Å². The van der Waals surface area contributed by atoms with Gasteiger partial charge < -0.3 is 10.4 Å². The molecule has 0 aliphatic heterocycles. The van der Waals surface area contributed by atoms with Crippen molar-refractivity contribution in [2.24, 2.45) is 0 Å². The minimum absolute atomic E-state index is 0.211. The molecule has 0 aliphatic rings. The number of hydrogen-bond acceptors (Lipinski definition) is 5. The third kappa shape index (κ3) is 4.85. The highest BCUT2D eigenvalue weighted by atomic mass is 35.5. The summed E-state index contributed by atoms with van der Waals surface area (Å²) in [5.41, 5.74) is 2.01. The van der Waals surface area contributed by atoms with Gasteiger partial charge in [-0.1, -0.05) is 17.7 Å². The summed E-state index contributed by atoms with van der Waals surface area (Å²) in [4.78, 5) is 12.5. The monoisotopic (exact) mass is 410 g/mol. The molecule has 8 nitrogen and oxygen atoms in total. The predicted molar refractivity (Wildman–Crippen MR) is 111 cm³/mol. The van der Waals surface area contributed by atoms with Gasteiger partial charge in [0.1, 0.15) is 19.6 Å². The number of nitriles is 1. The van der Waals surface area contributed by atoms with Crippen molar-refractivity contribution in [3.63, 3.8) is 0 Å². The number of rotatable bonds is 6. The number of aromatic nitrogens is 4. The average molecular weight is 411 g/mol. The van der Waals surface area contributed by atoms with E-state index < -0.39 is 11.5 Å². The van der Waals surface area contributed by atoms with E-state index >= 15 is 0 Å². The molecule has 2 unspecified atom stereocenters. The second-order valence-electron chi connectivity index (χ2n) is 7.43. The SMILES string of the molecule is BC(C)(Cn1ccc(-c2ccc(C#N)c(Cl)c2)n1)NC(=O)c1cc(C(C)O)[nH]n1. The number of amides is 1. The minimum Gasteiger partial charge on any atom is -0.387 e. The first-order chi connectivity index (χ1) is 13.7. The van der Waals surface area contributed by atoms with Gasteiger partial charge in [-0.2, -0.15) is 15.5 Å². The lowest BCUT2D eigenvalue weighted by molar-refractivity contribution is 0.0920. The van der Waals surface area contributed by atoms with Gasteiger partial charge in [0.15, 0.2) is 0 Å². The number of nitrogens with zero attached hydrogens (tertiary/aromatic N) is 4. The molecule has 0 spiro atoms. The van der Waals surface area contributed by atoms with Crippen molar-refractivity contribution in [2.45, 2.75) is 31.9 Å². The molecule has 29 heavy (non-hydrogen) atoms. The molecule has 3 rings (SSSR count). The van der Waals surface area contributed by atoms with Crippen LogP contribution in [0.5, 0.6) is 0 Å². The van der Waals surface area contributed by atoms with Gasteiger partial charge in [0.05, 0.1) is 34.6 Å². The van der Waals surface area contributed by atoms with Crippen LogP contribution in [0.3, 0.4) is 0 Å². The van der Waals surface area contributed by atoms with E-state index in [1.807, 2.05) is 33.1 Å². The van der Waals surface area contributed by atoms with Crippen LogP contribution < -0.4 is 5.32 Å². The predicted octanol–water partition coefficient (Wildman–Crippen LogP) is 1.63. The van der Waals surface area contributed by atoms with Crippen LogP contribution in [0.1, 0.15) is 41.7 Å². The topological polar surface area (TPSA) is 120 Å². The van der Waals surface area contributed by atoms with Gasteiger partial charge in [-0.3, -0.25) is 14.6 Å². The number of H-pyrrole nitrogens is 1. The molecular formula is C19H20BClN6O2. The Bertz CT molecular complexity index is 1080. The van der Waals surface area contributed by atoms with Gasteiger partial charge in [0.25, 0.3) is 5.91 Å². The summed E-state index contributed by atoms with van der Waals surface area (Å²) < 4.78 is 1.73. The number of benzene rings is 1. The zero-order valence-electron chi connectivity index (χ0n) is 16.3. The van der Waals surface area contributed by atoms with Crippen molar-refractivity contribution in [1.82, 2.24) is 25.3 Å². The summed E-state index contributed by atoms with van der Waals surface area (Å²) in [6.07, 6.45) is 1.09. The maximum atomic E-state index is 12.5. The maximum Gasteiger partial charge on any atom is 0.271 e. The number of halogens is 1. The first-order valence-electron chi connectivity index (χ1n) is 8.98. The number of nitrogens with one attached hydrogen (secondary N) is 2. The third-order valence-electron chi connectivity index (χ3n) is 4.32. The highest BCUT2D eigenvalue weighted by Gasteiger charge is 2.24. The summed E-state index contributed by atoms with van der Waals surface area (Å²) in [6.45, 7) is 3.90. The largest absolute Gasteiger partial charge is 0.387 e. The highest BCUT2D eigenvalue weighted by molar-refractivity contribution is 6.32. The van der Waals surface area contributed by atoms with E-state index in [1.54, 1.807) is 29.8 Å². The number of hydrogen-bond donors (Lipinski definition) is 3. The molecule has 0 saturated heterocycles. The van der Waals surface area contributed by atoms with Crippen LogP contribution in [0.2, 0.25) is 5.02 Å². The Balaban J connectivity index is 1.70. The molecule has 148 valence electrons. The summed E-state index contributed by atoms with van der Waals surface area (Å²) in [5.74, 6) is -0.343. The quantitative estimate of drug-likeness (QED) is 0.534. The minimum atomic E-state index is -0.727. The average Bonchev–Trinajstić information content (AvgIpc) is 3.30. The lowest BCUT2D eigenvalue weighted by Gasteiger charge is -2.26. The first kappa shape index (κ1) is 20.6. The molecule has 0 aliphatic carbocycles. The van der Waals surface area contributed by atoms with Crippen molar-refractivity contribution in [3.05, 3.63) is 58.5 Å². The second-order valence-corrected chi connectivity index (χ2v) is 7.83. The van der Waals surface area contributed by atoms with Crippen LogP contribution in [0, 0.1) is 11.3 Å². The van der Waals surface area contributed by atoms with Crippen LogP contribution in [-0.2, 0) is 6.54 Å². The normalized spacial score (nSPS) is 14.0. The molecule has 1 aromatic carbocycles. The van der Waals surface area contributed by atoms with Crippen molar-refractivity contribution >= 4 is 25.4 Å². The number of carbonyl (C=O) groups excluding carboxylic acids is 1. The van der Waals surface area contributed by atoms with Crippen molar-refractivity contribution in [1.29, 1.82) is 5.26 Å². The van der Waals surface area contributed by atoms with Gasteiger partial charge >= 0.3 is 0 Å². The zero-order valence-corrected chi connectivity index (χ0v) is 17.0. The molecule has 0 fully saturated rings. The van der Waals surface area contributed by atoms with Crippen LogP contribution >= 0.6 is 11.6 Å². The fourth-order valence-corrected chi connectivity index (χ4v) is 3.07. The summed E-state index contributed by atoms with van der Waals surface area (Å²) in [6, 6.07) is 10.6. The maximum absolute atomic E-state index is 12.5. The Hall–Kier alpha value is -3.09. The fourth-order valence-electron chi connectivity index (χ4n) is 2.85. The summed E-state index contributed by atoms with van der Waals surface area (Å²) in [7, 11) is 1.88. The fraction of sp³-hybridized carbons (Fsp3) is 0.263. The molecule has 2 atom stereocenters. The van der Waals surface area contributed by atoms with Gasteiger partial charge in [-0.05, 0) is 38.1 Å². The van der Waals surface area contributed by atoms with Crippen LogP contribution in [0.4, 0.5) is 0 Å². The van der Waals surface area contributed by atoms with Crippen molar-refractivity contribution in [2.75, 3.05) is 0 Å². The molecule has 1 amide bonds. The zero-order chi connectivity index (χ0) is 21.2. The molecule has 2 aromatic heterocycles. The Morgan fingerprint density at radius 3 is 2.86 bits per heavy atom. The molecule has 3 N–H and O–H groups in total. The number of aromatic amines is 1. The van der Waals surface area contributed by atoms with Gasteiger partial charge in [-0.15, -0.1) is 0 Å². The smallest absolute Gasteiger partial charge is 0.271 e. The number of aliphatic hydroxyl groups excluding tert-OH is 1. The molecule has 0 saturated carbocycles.